The van der Waals surface area contributed by atoms with Crippen molar-refractivity contribution in [3.8, 4) is 0 Å². The van der Waals surface area contributed by atoms with Crippen molar-refractivity contribution < 1.29 is 9.90 Å². The lowest BCUT2D eigenvalue weighted by Crippen LogP contribution is -2.11. The number of carboxylic acids is 1. The molecule has 1 N–H and O–H groups in total. The number of carbonyl (C=O) groups is 1. The molecule has 1 saturated carbocycles. The molecule has 1 aromatic rings. The minimum atomic E-state index is -0.824. The average molecular weight is 241 g/mol. The van der Waals surface area contributed by atoms with Gasteiger partial charge < -0.3 is 9.67 Å². The molecule has 0 aliphatic heterocycles. The highest BCUT2D eigenvalue weighted by atomic mass is 32.2. The maximum atomic E-state index is 10.5. The third-order valence-corrected chi connectivity index (χ3v) is 3.82. The molecule has 1 aliphatic carbocycles. The van der Waals surface area contributed by atoms with Gasteiger partial charge in [-0.05, 0) is 25.2 Å². The summed E-state index contributed by atoms with van der Waals surface area (Å²) in [6.07, 6.45) is 2.46. The van der Waals surface area contributed by atoms with Crippen molar-refractivity contribution in [2.24, 2.45) is 5.41 Å². The Morgan fingerprint density at radius 2 is 2.25 bits per heavy atom. The zero-order chi connectivity index (χ0) is 11.8. The Hall–Kier alpha value is -1.04. The number of hydrogen-bond acceptors (Lipinski definition) is 4. The predicted molar refractivity (Wildman–Crippen MR) is 60.5 cm³/mol. The standard InChI is InChI=1S/C10H15N3O2S/c1-7-11-12-9(16-5-8(14)15)13(7)6-10(2)3-4-10/h3-6H2,1-2H3,(H,14,15). The summed E-state index contributed by atoms with van der Waals surface area (Å²) in [4.78, 5) is 10.5. The fourth-order valence-corrected chi connectivity index (χ4v) is 2.23. The van der Waals surface area contributed by atoms with E-state index < -0.39 is 5.97 Å². The van der Waals surface area contributed by atoms with Gasteiger partial charge in [-0.3, -0.25) is 4.79 Å². The molecule has 1 heterocycles. The van der Waals surface area contributed by atoms with Crippen LogP contribution in [0.15, 0.2) is 5.16 Å². The Morgan fingerprint density at radius 3 is 2.81 bits per heavy atom. The van der Waals surface area contributed by atoms with Crippen molar-refractivity contribution in [2.75, 3.05) is 5.75 Å². The number of aliphatic carboxylic acids is 1. The third-order valence-electron chi connectivity index (χ3n) is 2.87. The van der Waals surface area contributed by atoms with Gasteiger partial charge in [0.25, 0.3) is 0 Å². The van der Waals surface area contributed by atoms with Gasteiger partial charge in [0.1, 0.15) is 5.82 Å². The first-order valence-electron chi connectivity index (χ1n) is 5.25. The average Bonchev–Trinajstić information content (AvgIpc) is 2.84. The van der Waals surface area contributed by atoms with Gasteiger partial charge in [-0.15, -0.1) is 10.2 Å². The molecule has 6 heteroatoms. The largest absolute Gasteiger partial charge is 0.481 e. The zero-order valence-corrected chi connectivity index (χ0v) is 10.3. The van der Waals surface area contributed by atoms with Crippen molar-refractivity contribution in [3.63, 3.8) is 0 Å². The van der Waals surface area contributed by atoms with Crippen LogP contribution in [0.2, 0.25) is 0 Å². The van der Waals surface area contributed by atoms with Crippen LogP contribution in [0.1, 0.15) is 25.6 Å². The highest BCUT2D eigenvalue weighted by Gasteiger charge is 2.38. The van der Waals surface area contributed by atoms with E-state index in [1.54, 1.807) is 0 Å². The normalized spacial score (nSPS) is 17.4. The highest BCUT2D eigenvalue weighted by molar-refractivity contribution is 7.99. The Labute approximate surface area is 98.3 Å². The first-order valence-corrected chi connectivity index (χ1v) is 6.23. The molecule has 1 aromatic heterocycles. The number of aryl methyl sites for hydroxylation is 1. The Morgan fingerprint density at radius 1 is 1.56 bits per heavy atom. The van der Waals surface area contributed by atoms with Crippen LogP contribution in [-0.4, -0.2) is 31.6 Å². The Kier molecular flexibility index (Phi) is 2.92. The lowest BCUT2D eigenvalue weighted by molar-refractivity contribution is -0.133. The summed E-state index contributed by atoms with van der Waals surface area (Å²) in [7, 11) is 0. The van der Waals surface area contributed by atoms with Crippen LogP contribution < -0.4 is 0 Å². The van der Waals surface area contributed by atoms with Crippen molar-refractivity contribution >= 4 is 17.7 Å². The van der Waals surface area contributed by atoms with E-state index in [1.165, 1.54) is 24.6 Å². The molecule has 0 atom stereocenters. The van der Waals surface area contributed by atoms with Crippen molar-refractivity contribution in [1.29, 1.82) is 0 Å². The summed E-state index contributed by atoms with van der Waals surface area (Å²) in [5.74, 6) is 0.0744. The molecule has 88 valence electrons. The van der Waals surface area contributed by atoms with Crippen LogP contribution in [-0.2, 0) is 11.3 Å². The summed E-state index contributed by atoms with van der Waals surface area (Å²) < 4.78 is 2.03. The fraction of sp³-hybridized carbons (Fsp3) is 0.700. The predicted octanol–water partition coefficient (Wildman–Crippen LogP) is 1.56. The number of carboxylic acid groups (broad SMARTS) is 1. The van der Waals surface area contributed by atoms with E-state index in [4.69, 9.17) is 5.11 Å². The monoisotopic (exact) mass is 241 g/mol. The lowest BCUT2D eigenvalue weighted by atomic mass is 10.1. The first kappa shape index (κ1) is 11.4. The van der Waals surface area contributed by atoms with Gasteiger partial charge in [0.05, 0.1) is 5.75 Å². The van der Waals surface area contributed by atoms with E-state index in [9.17, 15) is 4.79 Å². The molecule has 0 saturated heterocycles. The van der Waals surface area contributed by atoms with Crippen molar-refractivity contribution in [1.82, 2.24) is 14.8 Å². The molecule has 16 heavy (non-hydrogen) atoms. The second-order valence-corrected chi connectivity index (χ2v) is 5.55. The van der Waals surface area contributed by atoms with E-state index in [0.717, 1.165) is 12.4 Å². The molecule has 2 rings (SSSR count). The van der Waals surface area contributed by atoms with E-state index in [-0.39, 0.29) is 5.75 Å². The maximum Gasteiger partial charge on any atom is 0.313 e. The minimum absolute atomic E-state index is 0.0366. The van der Waals surface area contributed by atoms with Crippen LogP contribution in [0, 0.1) is 12.3 Å². The molecule has 0 radical (unpaired) electrons. The molecule has 0 unspecified atom stereocenters. The summed E-state index contributed by atoms with van der Waals surface area (Å²) in [5.41, 5.74) is 0.367. The van der Waals surface area contributed by atoms with E-state index >= 15 is 0 Å². The zero-order valence-electron chi connectivity index (χ0n) is 9.43. The lowest BCUT2D eigenvalue weighted by Gasteiger charge is -2.12. The number of hydrogen-bond donors (Lipinski definition) is 1. The molecule has 1 fully saturated rings. The number of thioether (sulfide) groups is 1. The highest BCUT2D eigenvalue weighted by Crippen LogP contribution is 2.47. The second kappa shape index (κ2) is 4.08. The van der Waals surface area contributed by atoms with Crippen molar-refractivity contribution in [2.45, 2.75) is 38.4 Å². The Bertz CT molecular complexity index is 412. The molecule has 0 amide bonds. The summed E-state index contributed by atoms with van der Waals surface area (Å²) >= 11 is 1.23. The molecule has 0 spiro atoms. The number of aromatic nitrogens is 3. The first-order chi connectivity index (χ1) is 7.50. The van der Waals surface area contributed by atoms with E-state index in [1.807, 2.05) is 11.5 Å². The van der Waals surface area contributed by atoms with Crippen LogP contribution in [0.4, 0.5) is 0 Å². The molecular formula is C10H15N3O2S. The van der Waals surface area contributed by atoms with Crippen LogP contribution in [0.25, 0.3) is 0 Å². The quantitative estimate of drug-likeness (QED) is 0.792. The Balaban J connectivity index is 2.09. The summed E-state index contributed by atoms with van der Waals surface area (Å²) in [6, 6.07) is 0. The van der Waals surface area contributed by atoms with Gasteiger partial charge in [0.15, 0.2) is 5.16 Å². The van der Waals surface area contributed by atoms with E-state index in [2.05, 4.69) is 17.1 Å². The van der Waals surface area contributed by atoms with Gasteiger partial charge in [-0.25, -0.2) is 0 Å². The third kappa shape index (κ3) is 2.55. The fourth-order valence-electron chi connectivity index (χ4n) is 1.53. The van der Waals surface area contributed by atoms with Crippen molar-refractivity contribution in [3.05, 3.63) is 5.82 Å². The number of nitrogens with zero attached hydrogens (tertiary/aromatic N) is 3. The SMILES string of the molecule is Cc1nnc(SCC(=O)O)n1CC1(C)CC1. The smallest absolute Gasteiger partial charge is 0.313 e. The second-order valence-electron chi connectivity index (χ2n) is 4.61. The summed E-state index contributed by atoms with van der Waals surface area (Å²) in [5, 5.41) is 17.4. The van der Waals surface area contributed by atoms with Crippen LogP contribution in [0.5, 0.6) is 0 Å². The van der Waals surface area contributed by atoms with Gasteiger partial charge in [-0.2, -0.15) is 0 Å². The topological polar surface area (TPSA) is 68.0 Å². The van der Waals surface area contributed by atoms with Gasteiger partial charge >= 0.3 is 5.97 Å². The molecule has 0 bridgehead atoms. The van der Waals surface area contributed by atoms with E-state index in [0.29, 0.717) is 10.6 Å². The molecule has 0 aromatic carbocycles. The molecule has 1 aliphatic rings. The van der Waals surface area contributed by atoms with Gasteiger partial charge in [0, 0.05) is 6.54 Å². The molecular weight excluding hydrogens is 226 g/mol. The van der Waals surface area contributed by atoms with Crippen LogP contribution >= 0.6 is 11.8 Å². The molecule has 5 nitrogen and oxygen atoms in total. The van der Waals surface area contributed by atoms with Gasteiger partial charge in [-0.1, -0.05) is 18.7 Å². The maximum absolute atomic E-state index is 10.5. The van der Waals surface area contributed by atoms with Gasteiger partial charge in [0.2, 0.25) is 0 Å². The summed E-state index contributed by atoms with van der Waals surface area (Å²) in [6.45, 7) is 5.04. The minimum Gasteiger partial charge on any atom is -0.481 e. The number of rotatable bonds is 5. The van der Waals surface area contributed by atoms with Crippen LogP contribution in [0.3, 0.4) is 0 Å².